The van der Waals surface area contributed by atoms with Gasteiger partial charge in [-0.25, -0.2) is 29.1 Å². The Hall–Kier alpha value is -10.5. The molecule has 0 saturated heterocycles. The monoisotopic (exact) mass is 1290 g/mol. The SMILES string of the molecule is CCOC(=O)[C@@H]1CCCC[C@H](NC(=O)/C=C/c2cc(Cl)ccc2-n2cnnn2)c2nc(c(C)[nH]2)-c2ccc(NC(=O)OC)cc2N1.CCOC(=O)[C@H]1CCCC[C@H](NC(=O)/C=C/c2cc(Cl)ccc2-n2cnnn2)c2nc(c(C)[nH]2)-c2ccc(NC(=O)OC)cc2N1. The van der Waals surface area contributed by atoms with Gasteiger partial charge in [-0.1, -0.05) is 48.9 Å². The molecule has 8 N–H and O–H groups in total. The average molecular weight is 1300 g/mol. The summed E-state index contributed by atoms with van der Waals surface area (Å²) in [6.07, 6.45) is 12.7. The number of imidazole rings is 2. The smallest absolute Gasteiger partial charge is 0.411 e. The van der Waals surface area contributed by atoms with Gasteiger partial charge in [-0.3, -0.25) is 20.2 Å². The van der Waals surface area contributed by atoms with Gasteiger partial charge in [0.2, 0.25) is 11.8 Å². The topological polar surface area (TPSA) is 356 Å². The molecule has 4 aromatic carbocycles. The second-order valence-corrected chi connectivity index (χ2v) is 22.0. The van der Waals surface area contributed by atoms with Crippen LogP contribution in [0.2, 0.25) is 10.0 Å². The van der Waals surface area contributed by atoms with Crippen LogP contribution in [0.15, 0.2) is 97.6 Å². The van der Waals surface area contributed by atoms with Crippen LogP contribution in [0.25, 0.3) is 46.0 Å². The normalized spacial score (nSPS) is 16.3. The number of aryl methyl sites for hydroxylation is 2. The zero-order valence-corrected chi connectivity index (χ0v) is 52.6. The lowest BCUT2D eigenvalue weighted by atomic mass is 10.0. The van der Waals surface area contributed by atoms with Crippen molar-refractivity contribution >= 4 is 94.0 Å². The van der Waals surface area contributed by atoms with Crippen LogP contribution in [0, 0.1) is 13.8 Å². The molecule has 0 fully saturated rings. The van der Waals surface area contributed by atoms with Crippen molar-refractivity contribution in [2.75, 3.05) is 48.7 Å². The molecule has 0 aliphatic carbocycles. The highest BCUT2D eigenvalue weighted by molar-refractivity contribution is 6.31. The Labute approximate surface area is 538 Å². The number of nitrogens with zero attached hydrogens (tertiary/aromatic N) is 10. The van der Waals surface area contributed by atoms with Crippen molar-refractivity contribution in [1.82, 2.24) is 71.0 Å². The lowest BCUT2D eigenvalue weighted by molar-refractivity contribution is -0.145. The van der Waals surface area contributed by atoms with E-state index in [4.69, 9.17) is 52.1 Å². The second-order valence-electron chi connectivity index (χ2n) is 21.1. The van der Waals surface area contributed by atoms with Crippen molar-refractivity contribution in [3.63, 3.8) is 0 Å². The van der Waals surface area contributed by atoms with Gasteiger partial charge in [0.1, 0.15) is 36.4 Å². The highest BCUT2D eigenvalue weighted by atomic mass is 35.5. The first-order chi connectivity index (χ1) is 44.5. The number of carbonyl (C=O) groups is 6. The highest BCUT2D eigenvalue weighted by Crippen LogP contribution is 2.37. The minimum absolute atomic E-state index is 0.240. The number of rotatable bonds is 14. The third kappa shape index (κ3) is 17.1. The number of carbonyl (C=O) groups excluding carboxylic acids is 6. The molecule has 0 unspecified atom stereocenters. The molecule has 4 bridgehead atoms. The second kappa shape index (κ2) is 31.3. The summed E-state index contributed by atoms with van der Waals surface area (Å²) in [4.78, 5) is 92.8. The summed E-state index contributed by atoms with van der Waals surface area (Å²) in [5, 5.41) is 41.7. The van der Waals surface area contributed by atoms with Crippen LogP contribution in [0.5, 0.6) is 0 Å². The van der Waals surface area contributed by atoms with Crippen LogP contribution < -0.4 is 31.9 Å². The summed E-state index contributed by atoms with van der Waals surface area (Å²) in [5.74, 6) is -0.240. The number of hydrogen-bond acceptors (Lipinski definition) is 20. The minimum atomic E-state index is -0.645. The lowest BCUT2D eigenvalue weighted by Gasteiger charge is -2.22. The van der Waals surface area contributed by atoms with Gasteiger partial charge in [0.05, 0.1) is 62.3 Å². The molecule has 0 radical (unpaired) electrons. The van der Waals surface area contributed by atoms with E-state index < -0.39 is 36.4 Å². The first kappa shape index (κ1) is 66.0. The maximum Gasteiger partial charge on any atom is 0.411 e. The molecule has 28 nitrogen and oxygen atoms in total. The molecule has 0 saturated carbocycles. The number of aromatic nitrogens is 12. The number of ether oxygens (including phenoxy) is 4. The van der Waals surface area contributed by atoms with Crippen molar-refractivity contribution in [3.8, 4) is 33.9 Å². The predicted octanol–water partition coefficient (Wildman–Crippen LogP) is 9.96. The van der Waals surface area contributed by atoms with Gasteiger partial charge in [-0.2, -0.15) is 9.36 Å². The van der Waals surface area contributed by atoms with Gasteiger partial charge >= 0.3 is 24.1 Å². The van der Waals surface area contributed by atoms with E-state index in [9.17, 15) is 28.8 Å². The Kier molecular flexibility index (Phi) is 22.4. The number of benzene rings is 4. The van der Waals surface area contributed by atoms with Crippen molar-refractivity contribution in [2.45, 2.75) is 103 Å². The quantitative estimate of drug-likeness (QED) is 0.0285. The van der Waals surface area contributed by atoms with Crippen molar-refractivity contribution < 1.29 is 47.7 Å². The van der Waals surface area contributed by atoms with Crippen molar-refractivity contribution in [1.29, 1.82) is 0 Å². The van der Waals surface area contributed by atoms with Crippen molar-refractivity contribution in [3.05, 3.63) is 142 Å². The molecule has 4 aromatic heterocycles. The van der Waals surface area contributed by atoms with E-state index in [1.54, 1.807) is 98.8 Å². The number of amides is 4. The van der Waals surface area contributed by atoms with Gasteiger partial charge in [0.25, 0.3) is 0 Å². The van der Waals surface area contributed by atoms with E-state index in [-0.39, 0.29) is 37.0 Å². The Morgan fingerprint density at radius 1 is 0.576 bits per heavy atom. The highest BCUT2D eigenvalue weighted by Gasteiger charge is 2.29. The number of halogens is 2. The fourth-order valence-electron chi connectivity index (χ4n) is 10.4. The van der Waals surface area contributed by atoms with Crippen molar-refractivity contribution in [2.24, 2.45) is 0 Å². The number of anilines is 4. The number of esters is 2. The average Bonchev–Trinajstić information content (AvgIpc) is 1.66. The van der Waals surface area contributed by atoms with Crippen LogP contribution in [-0.2, 0) is 38.1 Å². The zero-order valence-electron chi connectivity index (χ0n) is 51.1. The van der Waals surface area contributed by atoms with Crippen LogP contribution in [0.1, 0.15) is 111 Å². The summed E-state index contributed by atoms with van der Waals surface area (Å²) in [6.45, 7) is 7.77. The van der Waals surface area contributed by atoms with E-state index in [1.165, 1.54) is 48.4 Å². The van der Waals surface area contributed by atoms with Crippen LogP contribution >= 0.6 is 23.2 Å². The maximum absolute atomic E-state index is 13.3. The number of hydrogen-bond donors (Lipinski definition) is 8. The Morgan fingerprint density at radius 2 is 0.989 bits per heavy atom. The first-order valence-corrected chi connectivity index (χ1v) is 30.3. The molecule has 2 aliphatic heterocycles. The first-order valence-electron chi connectivity index (χ1n) is 29.5. The van der Waals surface area contributed by atoms with Crippen LogP contribution in [0.4, 0.5) is 32.3 Å². The molecule has 4 amide bonds. The predicted molar refractivity (Wildman–Crippen MR) is 343 cm³/mol. The number of H-pyrrole nitrogens is 2. The molecule has 0 spiro atoms. The molecule has 30 heteroatoms. The molecule has 2 aliphatic rings. The number of methoxy groups -OCH3 is 2. The Bertz CT molecular complexity index is 3730. The van der Waals surface area contributed by atoms with Gasteiger partial charge in [0.15, 0.2) is 0 Å². The fourth-order valence-corrected chi connectivity index (χ4v) is 10.8. The molecule has 8 aromatic rings. The molecule has 10 rings (SSSR count). The number of aromatic amines is 2. The largest absolute Gasteiger partial charge is 0.464 e. The summed E-state index contributed by atoms with van der Waals surface area (Å²) >= 11 is 12.5. The molecule has 92 heavy (non-hydrogen) atoms. The molecule has 6 heterocycles. The van der Waals surface area contributed by atoms with Gasteiger partial charge in [-0.15, -0.1) is 10.2 Å². The van der Waals surface area contributed by atoms with E-state index in [0.29, 0.717) is 141 Å². The van der Waals surface area contributed by atoms with Gasteiger partial charge < -0.3 is 50.2 Å². The fraction of sp³-hybridized carbons (Fsp3) is 0.323. The van der Waals surface area contributed by atoms with E-state index in [2.05, 4.69) is 72.9 Å². The number of nitrogens with one attached hydrogen (secondary N) is 8. The van der Waals surface area contributed by atoms with E-state index in [0.717, 1.165) is 11.4 Å². The van der Waals surface area contributed by atoms with Crippen LogP contribution in [-0.4, -0.2) is 136 Å². The lowest BCUT2D eigenvalue weighted by Crippen LogP contribution is -2.32. The summed E-state index contributed by atoms with van der Waals surface area (Å²) in [5.41, 5.74) is 8.91. The zero-order chi connectivity index (χ0) is 65.3. The summed E-state index contributed by atoms with van der Waals surface area (Å²) in [7, 11) is 2.56. The van der Waals surface area contributed by atoms with E-state index in [1.807, 2.05) is 13.8 Å². The van der Waals surface area contributed by atoms with Gasteiger partial charge in [-0.05, 0) is 159 Å². The molecule has 480 valence electrons. The van der Waals surface area contributed by atoms with Gasteiger partial charge in [0, 0.05) is 78.6 Å². The molecular formula is C62H68Cl2N18O10. The molecular weight excluding hydrogens is 1230 g/mol. The van der Waals surface area contributed by atoms with E-state index >= 15 is 0 Å². The summed E-state index contributed by atoms with van der Waals surface area (Å²) in [6, 6.07) is 18.7. The molecule has 4 atom stereocenters. The summed E-state index contributed by atoms with van der Waals surface area (Å²) < 4.78 is 23.2. The number of tetrazole rings is 2. The van der Waals surface area contributed by atoms with Crippen LogP contribution in [0.3, 0.4) is 0 Å². The third-order valence-electron chi connectivity index (χ3n) is 14.8. The third-order valence-corrected chi connectivity index (χ3v) is 15.3. The minimum Gasteiger partial charge on any atom is -0.464 e. The standard InChI is InChI=1S/2C31H34ClN9O5/c2*1-4-46-30(43)24-8-6-5-7-23(37-27(42)14-9-19-15-20(32)10-13-26(19)41-17-33-39-40-41)29-34-18(2)28(38-29)22-12-11-21(16-25(22)36-24)35-31(44)45-3/h2*9-17,23-24,36H,4-8H2,1-3H3,(H,34,38)(H,35,44)(H,37,42)/b2*14-9+/t23-,24+;23-,24-/m00/s1. The Morgan fingerprint density at radius 3 is 1.37 bits per heavy atom. The number of fused-ring (bicyclic) bond motifs is 8. The Balaban J connectivity index is 0.000000217. The maximum atomic E-state index is 13.3.